The number of aliphatic hydroxyl groups is 2. The van der Waals surface area contributed by atoms with Crippen molar-refractivity contribution in [1.82, 2.24) is 0 Å². The highest BCUT2D eigenvalue weighted by molar-refractivity contribution is 5.87. The molecule has 0 bridgehead atoms. The summed E-state index contributed by atoms with van der Waals surface area (Å²) in [6.45, 7) is 3.05. The number of ether oxygens (including phenoxy) is 2. The molecule has 0 saturated carbocycles. The van der Waals surface area contributed by atoms with Crippen LogP contribution in [0.3, 0.4) is 0 Å². The molecule has 2 aromatic rings. The fourth-order valence-corrected chi connectivity index (χ4v) is 2.26. The number of hydrogen-bond acceptors (Lipinski definition) is 6. The molecule has 0 amide bonds. The summed E-state index contributed by atoms with van der Waals surface area (Å²) in [4.78, 5) is 11.4. The second kappa shape index (κ2) is 5.98. The molecular weight excluding hydrogens is 288 g/mol. The van der Waals surface area contributed by atoms with Gasteiger partial charge in [-0.25, -0.2) is 4.79 Å². The number of fused-ring (bicyclic) bond motifs is 1. The first-order valence-electron chi connectivity index (χ1n) is 6.86. The summed E-state index contributed by atoms with van der Waals surface area (Å²) in [5.74, 6) is 0.864. The summed E-state index contributed by atoms with van der Waals surface area (Å²) in [7, 11) is 2.96. The highest BCUT2D eigenvalue weighted by Crippen LogP contribution is 2.38. The second-order valence-corrected chi connectivity index (χ2v) is 5.63. The molecule has 6 nitrogen and oxygen atoms in total. The minimum Gasteiger partial charge on any atom is -0.496 e. The van der Waals surface area contributed by atoms with Crippen LogP contribution in [0.1, 0.15) is 19.4 Å². The molecule has 0 unspecified atom stereocenters. The van der Waals surface area contributed by atoms with Crippen molar-refractivity contribution in [2.24, 2.45) is 0 Å². The van der Waals surface area contributed by atoms with Gasteiger partial charge in [-0.2, -0.15) is 0 Å². The van der Waals surface area contributed by atoms with E-state index in [0.717, 1.165) is 0 Å². The predicted molar refractivity (Wildman–Crippen MR) is 81.6 cm³/mol. The van der Waals surface area contributed by atoms with E-state index < -0.39 is 17.3 Å². The number of hydrogen-bond donors (Lipinski definition) is 2. The molecule has 1 aromatic heterocycles. The summed E-state index contributed by atoms with van der Waals surface area (Å²) in [6, 6.07) is 4.47. The monoisotopic (exact) mass is 308 g/mol. The van der Waals surface area contributed by atoms with Crippen molar-refractivity contribution >= 4 is 11.0 Å². The van der Waals surface area contributed by atoms with Crippen molar-refractivity contribution in [3.63, 3.8) is 0 Å². The lowest BCUT2D eigenvalue weighted by Gasteiger charge is -2.26. The van der Waals surface area contributed by atoms with E-state index in [-0.39, 0.29) is 6.42 Å². The lowest BCUT2D eigenvalue weighted by atomic mass is 9.93. The van der Waals surface area contributed by atoms with Gasteiger partial charge in [0.1, 0.15) is 17.1 Å². The maximum Gasteiger partial charge on any atom is 0.336 e. The highest BCUT2D eigenvalue weighted by atomic mass is 16.5. The minimum absolute atomic E-state index is 0.130. The fraction of sp³-hybridized carbons (Fsp3) is 0.438. The van der Waals surface area contributed by atoms with Crippen molar-refractivity contribution in [3.05, 3.63) is 34.2 Å². The normalized spacial score (nSPS) is 13.2. The van der Waals surface area contributed by atoms with Gasteiger partial charge in [-0.1, -0.05) is 0 Å². The molecule has 0 aliphatic carbocycles. The van der Waals surface area contributed by atoms with Gasteiger partial charge in [0, 0.05) is 24.1 Å². The van der Waals surface area contributed by atoms with Crippen LogP contribution in [0.15, 0.2) is 27.4 Å². The summed E-state index contributed by atoms with van der Waals surface area (Å²) in [5.41, 5.74) is -0.807. The van der Waals surface area contributed by atoms with Gasteiger partial charge in [-0.05, 0) is 19.9 Å². The van der Waals surface area contributed by atoms with Crippen LogP contribution in [0.25, 0.3) is 11.0 Å². The first-order chi connectivity index (χ1) is 10.3. The average molecular weight is 308 g/mol. The van der Waals surface area contributed by atoms with Crippen LogP contribution in [0.4, 0.5) is 0 Å². The van der Waals surface area contributed by atoms with E-state index in [1.807, 2.05) is 0 Å². The van der Waals surface area contributed by atoms with Crippen molar-refractivity contribution < 1.29 is 24.1 Å². The van der Waals surface area contributed by atoms with Gasteiger partial charge in [-0.3, -0.25) is 0 Å². The molecule has 1 aromatic carbocycles. The standard InChI is InChI=1S/C16H20O6/c1-16(2,19)13(17)7-10-11(20-3)8-12-9(15(10)21-4)5-6-14(18)22-12/h5-6,8,13,17,19H,7H2,1-4H3/t13-/m1/s1. The van der Waals surface area contributed by atoms with Crippen molar-refractivity contribution in [1.29, 1.82) is 0 Å². The summed E-state index contributed by atoms with van der Waals surface area (Å²) >= 11 is 0. The van der Waals surface area contributed by atoms with E-state index >= 15 is 0 Å². The first-order valence-corrected chi connectivity index (χ1v) is 6.86. The molecule has 1 heterocycles. The molecule has 0 aliphatic heterocycles. The number of methoxy groups -OCH3 is 2. The smallest absolute Gasteiger partial charge is 0.336 e. The molecule has 1 atom stereocenters. The Morgan fingerprint density at radius 2 is 1.95 bits per heavy atom. The van der Waals surface area contributed by atoms with E-state index in [2.05, 4.69) is 0 Å². The van der Waals surface area contributed by atoms with Crippen LogP contribution in [0.2, 0.25) is 0 Å². The zero-order valence-corrected chi connectivity index (χ0v) is 13.0. The van der Waals surface area contributed by atoms with Crippen LogP contribution in [0.5, 0.6) is 11.5 Å². The SMILES string of the molecule is COc1cc2oc(=O)ccc2c(OC)c1C[C@@H](O)C(C)(C)O. The Bertz CT molecular complexity index is 726. The maximum absolute atomic E-state index is 11.4. The molecule has 6 heteroatoms. The number of aliphatic hydroxyl groups excluding tert-OH is 1. The molecule has 0 saturated heterocycles. The van der Waals surface area contributed by atoms with Crippen LogP contribution >= 0.6 is 0 Å². The van der Waals surface area contributed by atoms with Gasteiger partial charge in [0.15, 0.2) is 0 Å². The third kappa shape index (κ3) is 3.08. The Labute approximate surface area is 127 Å². The molecule has 2 N–H and O–H groups in total. The third-order valence-electron chi connectivity index (χ3n) is 3.58. The summed E-state index contributed by atoms with van der Waals surface area (Å²) < 4.78 is 15.9. The molecule has 0 radical (unpaired) electrons. The van der Waals surface area contributed by atoms with Crippen molar-refractivity contribution in [2.45, 2.75) is 32.0 Å². The van der Waals surface area contributed by atoms with E-state index in [4.69, 9.17) is 13.9 Å². The molecular formula is C16H20O6. The summed E-state index contributed by atoms with van der Waals surface area (Å²) in [5, 5.41) is 20.7. The number of benzene rings is 1. The Balaban J connectivity index is 2.66. The van der Waals surface area contributed by atoms with Crippen LogP contribution in [-0.2, 0) is 6.42 Å². The Morgan fingerprint density at radius 3 is 2.50 bits per heavy atom. The molecule has 0 aliphatic rings. The van der Waals surface area contributed by atoms with Gasteiger partial charge < -0.3 is 24.1 Å². The lowest BCUT2D eigenvalue weighted by Crippen LogP contribution is -2.37. The van der Waals surface area contributed by atoms with Crippen LogP contribution in [0, 0.1) is 0 Å². The Kier molecular flexibility index (Phi) is 4.44. The fourth-order valence-electron chi connectivity index (χ4n) is 2.26. The molecule has 0 fully saturated rings. The molecule has 2 rings (SSSR count). The van der Waals surface area contributed by atoms with E-state index in [0.29, 0.717) is 28.0 Å². The van der Waals surface area contributed by atoms with Crippen molar-refractivity contribution in [3.8, 4) is 11.5 Å². The van der Waals surface area contributed by atoms with Gasteiger partial charge in [-0.15, -0.1) is 0 Å². The van der Waals surface area contributed by atoms with E-state index in [1.54, 1.807) is 12.1 Å². The largest absolute Gasteiger partial charge is 0.496 e. The molecule has 120 valence electrons. The Morgan fingerprint density at radius 1 is 1.27 bits per heavy atom. The zero-order chi connectivity index (χ0) is 16.5. The quantitative estimate of drug-likeness (QED) is 0.813. The topological polar surface area (TPSA) is 89.1 Å². The van der Waals surface area contributed by atoms with Crippen molar-refractivity contribution in [2.75, 3.05) is 14.2 Å². The highest BCUT2D eigenvalue weighted by Gasteiger charge is 2.28. The first kappa shape index (κ1) is 16.3. The van der Waals surface area contributed by atoms with Gasteiger partial charge in [0.05, 0.1) is 31.3 Å². The molecule has 0 spiro atoms. The van der Waals surface area contributed by atoms with Crippen LogP contribution < -0.4 is 15.1 Å². The average Bonchev–Trinajstić information content (AvgIpc) is 2.45. The zero-order valence-electron chi connectivity index (χ0n) is 13.0. The van der Waals surface area contributed by atoms with Crippen LogP contribution in [-0.4, -0.2) is 36.1 Å². The lowest BCUT2D eigenvalue weighted by molar-refractivity contribution is -0.0472. The predicted octanol–water partition coefficient (Wildman–Crippen LogP) is 1.48. The Hall–Kier alpha value is -2.05. The van der Waals surface area contributed by atoms with E-state index in [9.17, 15) is 15.0 Å². The molecule has 22 heavy (non-hydrogen) atoms. The maximum atomic E-state index is 11.4. The minimum atomic E-state index is -1.27. The third-order valence-corrected chi connectivity index (χ3v) is 3.58. The number of rotatable bonds is 5. The van der Waals surface area contributed by atoms with Gasteiger partial charge >= 0.3 is 5.63 Å². The summed E-state index contributed by atoms with van der Waals surface area (Å²) in [6.07, 6.45) is -0.881. The van der Waals surface area contributed by atoms with Gasteiger partial charge in [0.25, 0.3) is 0 Å². The van der Waals surface area contributed by atoms with Gasteiger partial charge in [0.2, 0.25) is 0 Å². The second-order valence-electron chi connectivity index (χ2n) is 5.63. The van der Waals surface area contributed by atoms with E-state index in [1.165, 1.54) is 34.1 Å².